The largest absolute Gasteiger partial charge is 0.392 e. The lowest BCUT2D eigenvalue weighted by Crippen LogP contribution is -2.43. The molecule has 0 unspecified atom stereocenters. The van der Waals surface area contributed by atoms with Gasteiger partial charge in [0.2, 0.25) is 0 Å². The van der Waals surface area contributed by atoms with Crippen LogP contribution in [0.15, 0.2) is 60.7 Å². The average molecular weight is 294 g/mol. The van der Waals surface area contributed by atoms with Gasteiger partial charge in [-0.2, -0.15) is 0 Å². The van der Waals surface area contributed by atoms with Crippen LogP contribution in [0, 0.1) is 5.92 Å². The standard InChI is InChI=1S/C20H22O2/c1-15(21)18-12-13-20(14-19(18)22,16-8-4-2-5-9-16)17-10-6-3-7-11-17/h2-11,18-19,22H,12-14H2,1H3/t18-,19-/m1/s1. The number of Topliss-reactive ketones (excluding diaryl/α,β-unsaturated/α-hetero) is 1. The molecule has 2 nitrogen and oxygen atoms in total. The summed E-state index contributed by atoms with van der Waals surface area (Å²) in [6.07, 6.45) is 1.65. The van der Waals surface area contributed by atoms with Crippen molar-refractivity contribution in [2.45, 2.75) is 37.7 Å². The Morgan fingerprint density at radius 3 is 1.91 bits per heavy atom. The van der Waals surface area contributed by atoms with Crippen LogP contribution in [0.5, 0.6) is 0 Å². The first kappa shape index (κ1) is 15.0. The Kier molecular flexibility index (Phi) is 4.12. The SMILES string of the molecule is CC(=O)[C@H]1CCC(c2ccccc2)(c2ccccc2)C[C@H]1O. The van der Waals surface area contributed by atoms with Crippen LogP contribution in [0.25, 0.3) is 0 Å². The van der Waals surface area contributed by atoms with Crippen LogP contribution in [0.4, 0.5) is 0 Å². The predicted octanol–water partition coefficient (Wildman–Crippen LogP) is 3.72. The summed E-state index contributed by atoms with van der Waals surface area (Å²) < 4.78 is 0. The molecule has 2 aromatic rings. The van der Waals surface area contributed by atoms with E-state index in [2.05, 4.69) is 24.3 Å². The van der Waals surface area contributed by atoms with Crippen molar-refractivity contribution < 1.29 is 9.90 Å². The number of aliphatic hydroxyl groups excluding tert-OH is 1. The summed E-state index contributed by atoms with van der Waals surface area (Å²) in [6, 6.07) is 20.7. The van der Waals surface area contributed by atoms with E-state index in [-0.39, 0.29) is 17.1 Å². The molecular weight excluding hydrogens is 272 g/mol. The zero-order chi connectivity index (χ0) is 15.6. The van der Waals surface area contributed by atoms with Gasteiger partial charge in [0.25, 0.3) is 0 Å². The second-order valence-corrected chi connectivity index (χ2v) is 6.34. The molecule has 1 fully saturated rings. The Bertz CT molecular complexity index is 594. The molecule has 114 valence electrons. The van der Waals surface area contributed by atoms with Gasteiger partial charge in [0.05, 0.1) is 6.10 Å². The van der Waals surface area contributed by atoms with E-state index in [1.165, 1.54) is 11.1 Å². The Morgan fingerprint density at radius 2 is 1.50 bits per heavy atom. The first-order valence-corrected chi connectivity index (χ1v) is 7.93. The van der Waals surface area contributed by atoms with E-state index in [0.29, 0.717) is 6.42 Å². The number of benzene rings is 2. The van der Waals surface area contributed by atoms with E-state index in [1.807, 2.05) is 36.4 Å². The molecule has 0 radical (unpaired) electrons. The van der Waals surface area contributed by atoms with Crippen molar-refractivity contribution in [1.82, 2.24) is 0 Å². The second kappa shape index (κ2) is 6.05. The molecule has 0 aliphatic heterocycles. The van der Waals surface area contributed by atoms with Crippen molar-refractivity contribution >= 4 is 5.78 Å². The highest BCUT2D eigenvalue weighted by molar-refractivity contribution is 5.79. The van der Waals surface area contributed by atoms with Gasteiger partial charge in [-0.05, 0) is 37.3 Å². The molecule has 3 rings (SSSR count). The first-order valence-electron chi connectivity index (χ1n) is 7.93. The molecule has 1 aliphatic carbocycles. The Morgan fingerprint density at radius 1 is 1.00 bits per heavy atom. The highest BCUT2D eigenvalue weighted by Crippen LogP contribution is 2.46. The van der Waals surface area contributed by atoms with Gasteiger partial charge >= 0.3 is 0 Å². The van der Waals surface area contributed by atoms with Crippen LogP contribution in [-0.2, 0) is 10.2 Å². The zero-order valence-electron chi connectivity index (χ0n) is 12.9. The summed E-state index contributed by atoms with van der Waals surface area (Å²) in [7, 11) is 0. The van der Waals surface area contributed by atoms with Crippen molar-refractivity contribution in [3.8, 4) is 0 Å². The van der Waals surface area contributed by atoms with E-state index >= 15 is 0 Å². The molecule has 2 aromatic carbocycles. The number of ketones is 1. The molecular formula is C20H22O2. The summed E-state index contributed by atoms with van der Waals surface area (Å²) in [5.41, 5.74) is 2.25. The quantitative estimate of drug-likeness (QED) is 0.936. The number of hydrogen-bond donors (Lipinski definition) is 1. The predicted molar refractivity (Wildman–Crippen MR) is 87.7 cm³/mol. The zero-order valence-corrected chi connectivity index (χ0v) is 12.9. The highest BCUT2D eigenvalue weighted by atomic mass is 16.3. The van der Waals surface area contributed by atoms with E-state index in [0.717, 1.165) is 12.8 Å². The Hall–Kier alpha value is -1.93. The van der Waals surface area contributed by atoms with Crippen LogP contribution in [0.3, 0.4) is 0 Å². The van der Waals surface area contributed by atoms with Crippen molar-refractivity contribution in [3.63, 3.8) is 0 Å². The van der Waals surface area contributed by atoms with E-state index < -0.39 is 6.10 Å². The minimum atomic E-state index is -0.577. The van der Waals surface area contributed by atoms with Crippen molar-refractivity contribution in [3.05, 3.63) is 71.8 Å². The highest BCUT2D eigenvalue weighted by Gasteiger charge is 2.43. The molecule has 1 saturated carbocycles. The molecule has 1 N–H and O–H groups in total. The lowest BCUT2D eigenvalue weighted by molar-refractivity contribution is -0.126. The summed E-state index contributed by atoms with van der Waals surface area (Å²) in [6.45, 7) is 1.59. The maximum atomic E-state index is 11.7. The Balaban J connectivity index is 2.05. The third-order valence-electron chi connectivity index (χ3n) is 5.08. The van der Waals surface area contributed by atoms with Crippen LogP contribution in [-0.4, -0.2) is 17.0 Å². The fourth-order valence-electron chi connectivity index (χ4n) is 3.88. The number of carbonyl (C=O) groups is 1. The van der Waals surface area contributed by atoms with Gasteiger partial charge in [0.1, 0.15) is 5.78 Å². The van der Waals surface area contributed by atoms with Crippen LogP contribution in [0.2, 0.25) is 0 Å². The summed E-state index contributed by atoms with van der Waals surface area (Å²) in [5, 5.41) is 10.6. The van der Waals surface area contributed by atoms with E-state index in [4.69, 9.17) is 0 Å². The smallest absolute Gasteiger partial charge is 0.135 e. The average Bonchev–Trinajstić information content (AvgIpc) is 2.56. The van der Waals surface area contributed by atoms with Crippen molar-refractivity contribution in [2.75, 3.05) is 0 Å². The third kappa shape index (κ3) is 2.59. The van der Waals surface area contributed by atoms with Crippen molar-refractivity contribution in [1.29, 1.82) is 0 Å². The third-order valence-corrected chi connectivity index (χ3v) is 5.08. The molecule has 0 spiro atoms. The molecule has 2 heteroatoms. The molecule has 0 amide bonds. The molecule has 22 heavy (non-hydrogen) atoms. The molecule has 0 heterocycles. The number of aliphatic hydroxyl groups is 1. The lowest BCUT2D eigenvalue weighted by Gasteiger charge is -2.43. The summed E-state index contributed by atoms with van der Waals surface area (Å²) in [5.74, 6) is -0.122. The van der Waals surface area contributed by atoms with E-state index in [9.17, 15) is 9.90 Å². The number of hydrogen-bond acceptors (Lipinski definition) is 2. The summed E-state index contributed by atoms with van der Waals surface area (Å²) >= 11 is 0. The lowest BCUT2D eigenvalue weighted by atomic mass is 9.61. The van der Waals surface area contributed by atoms with Gasteiger partial charge in [-0.1, -0.05) is 60.7 Å². The molecule has 2 atom stereocenters. The second-order valence-electron chi connectivity index (χ2n) is 6.34. The normalized spacial score (nSPS) is 23.9. The van der Waals surface area contributed by atoms with Gasteiger partial charge < -0.3 is 5.11 Å². The first-order chi connectivity index (χ1) is 10.6. The molecule has 0 bridgehead atoms. The molecule has 1 aliphatic rings. The van der Waals surface area contributed by atoms with Crippen LogP contribution in [0.1, 0.15) is 37.3 Å². The molecule has 0 aromatic heterocycles. The van der Waals surface area contributed by atoms with Gasteiger partial charge in [0.15, 0.2) is 0 Å². The van der Waals surface area contributed by atoms with Gasteiger partial charge in [0, 0.05) is 11.3 Å². The Labute approximate surface area is 131 Å². The minimum absolute atomic E-state index is 0.0993. The monoisotopic (exact) mass is 294 g/mol. The van der Waals surface area contributed by atoms with E-state index in [1.54, 1.807) is 6.92 Å². The number of carbonyl (C=O) groups excluding carboxylic acids is 1. The molecule has 0 saturated heterocycles. The maximum Gasteiger partial charge on any atom is 0.135 e. The topological polar surface area (TPSA) is 37.3 Å². The maximum absolute atomic E-state index is 11.7. The van der Waals surface area contributed by atoms with Gasteiger partial charge in [-0.15, -0.1) is 0 Å². The number of rotatable bonds is 3. The van der Waals surface area contributed by atoms with Crippen LogP contribution >= 0.6 is 0 Å². The van der Waals surface area contributed by atoms with Gasteiger partial charge in [-0.3, -0.25) is 4.79 Å². The fourth-order valence-corrected chi connectivity index (χ4v) is 3.88. The van der Waals surface area contributed by atoms with Crippen LogP contribution < -0.4 is 0 Å². The van der Waals surface area contributed by atoms with Gasteiger partial charge in [-0.25, -0.2) is 0 Å². The minimum Gasteiger partial charge on any atom is -0.392 e. The summed E-state index contributed by atoms with van der Waals surface area (Å²) in [4.78, 5) is 11.7. The fraction of sp³-hybridized carbons (Fsp3) is 0.350. The van der Waals surface area contributed by atoms with Crippen molar-refractivity contribution in [2.24, 2.45) is 5.92 Å².